The van der Waals surface area contributed by atoms with Gasteiger partial charge in [0, 0.05) is 13.1 Å². The highest BCUT2D eigenvalue weighted by Gasteiger charge is 2.24. The van der Waals surface area contributed by atoms with Crippen LogP contribution in [0.5, 0.6) is 0 Å². The second-order valence-corrected chi connectivity index (χ2v) is 4.68. The van der Waals surface area contributed by atoms with Gasteiger partial charge in [0.25, 0.3) is 0 Å². The number of piperidine rings is 1. The van der Waals surface area contributed by atoms with Crippen molar-refractivity contribution in [1.29, 1.82) is 0 Å². The van der Waals surface area contributed by atoms with Crippen molar-refractivity contribution in [2.24, 2.45) is 5.92 Å². The van der Waals surface area contributed by atoms with Gasteiger partial charge in [0.2, 0.25) is 0 Å². The third-order valence-corrected chi connectivity index (χ3v) is 3.38. The number of nitrogens with two attached hydrogens (primary N) is 1. The third kappa shape index (κ3) is 2.11. The lowest BCUT2D eigenvalue weighted by atomic mass is 9.96. The molecular formula is C12H19N3O. The molecule has 0 radical (unpaired) electrons. The highest BCUT2D eigenvalue weighted by atomic mass is 16.3. The molecule has 1 aliphatic rings. The molecule has 3 N–H and O–H groups in total. The third-order valence-electron chi connectivity index (χ3n) is 3.38. The minimum atomic E-state index is -0.256. The predicted molar refractivity (Wildman–Crippen MR) is 65.4 cm³/mol. The minimum Gasteiger partial charge on any atom is -0.397 e. The van der Waals surface area contributed by atoms with Crippen LogP contribution in [0.2, 0.25) is 0 Å². The molecule has 88 valence electrons. The van der Waals surface area contributed by atoms with Crippen LogP contribution < -0.4 is 10.6 Å². The number of anilines is 2. The van der Waals surface area contributed by atoms with E-state index in [2.05, 4.69) is 16.8 Å². The van der Waals surface area contributed by atoms with Gasteiger partial charge in [-0.3, -0.25) is 0 Å². The fourth-order valence-corrected chi connectivity index (χ4v) is 1.98. The number of nitrogens with zero attached hydrogens (tertiary/aromatic N) is 2. The van der Waals surface area contributed by atoms with Crippen molar-refractivity contribution >= 4 is 11.5 Å². The van der Waals surface area contributed by atoms with Crippen molar-refractivity contribution in [2.75, 3.05) is 23.7 Å². The molecule has 0 aliphatic carbocycles. The van der Waals surface area contributed by atoms with Crippen molar-refractivity contribution in [1.82, 2.24) is 4.98 Å². The van der Waals surface area contributed by atoms with Gasteiger partial charge >= 0.3 is 0 Å². The highest BCUT2D eigenvalue weighted by Crippen LogP contribution is 2.23. The first-order chi connectivity index (χ1) is 7.58. The quantitative estimate of drug-likeness (QED) is 0.747. The SMILES string of the molecule is Cc1cc(N2CCC(C)C(O)C2)ncc1N. The molecular weight excluding hydrogens is 202 g/mol. The first kappa shape index (κ1) is 11.2. The zero-order chi connectivity index (χ0) is 11.7. The number of aromatic nitrogens is 1. The van der Waals surface area contributed by atoms with Gasteiger partial charge in [-0.15, -0.1) is 0 Å². The van der Waals surface area contributed by atoms with Crippen LogP contribution in [0.25, 0.3) is 0 Å². The van der Waals surface area contributed by atoms with Gasteiger partial charge in [-0.2, -0.15) is 0 Å². The lowest BCUT2D eigenvalue weighted by molar-refractivity contribution is 0.102. The number of β-amino-alcohol motifs (C(OH)–C–C–N with tert-alkyl or cyclic N) is 1. The largest absolute Gasteiger partial charge is 0.397 e. The summed E-state index contributed by atoms with van der Waals surface area (Å²) in [6.45, 7) is 5.68. The van der Waals surface area contributed by atoms with E-state index in [1.54, 1.807) is 6.20 Å². The van der Waals surface area contributed by atoms with Crippen molar-refractivity contribution in [3.63, 3.8) is 0 Å². The Balaban J connectivity index is 2.15. The van der Waals surface area contributed by atoms with Crippen LogP contribution in [0.3, 0.4) is 0 Å². The molecule has 2 rings (SSSR count). The fourth-order valence-electron chi connectivity index (χ4n) is 1.98. The van der Waals surface area contributed by atoms with Crippen LogP contribution in [0.1, 0.15) is 18.9 Å². The number of hydrogen-bond acceptors (Lipinski definition) is 4. The standard InChI is InChI=1S/C12H19N3O/c1-8-3-4-15(7-11(8)16)12-5-9(2)10(13)6-14-12/h5-6,8,11,16H,3-4,7,13H2,1-2H3. The Morgan fingerprint density at radius 3 is 2.94 bits per heavy atom. The van der Waals surface area contributed by atoms with E-state index in [0.29, 0.717) is 12.5 Å². The molecule has 1 fully saturated rings. The van der Waals surface area contributed by atoms with E-state index >= 15 is 0 Å². The van der Waals surface area contributed by atoms with Crippen molar-refractivity contribution < 1.29 is 5.11 Å². The maximum atomic E-state index is 9.84. The van der Waals surface area contributed by atoms with Crippen LogP contribution in [-0.4, -0.2) is 29.3 Å². The summed E-state index contributed by atoms with van der Waals surface area (Å²) in [6, 6.07) is 1.98. The highest BCUT2D eigenvalue weighted by molar-refractivity contribution is 5.52. The number of nitrogen functional groups attached to an aromatic ring is 1. The summed E-state index contributed by atoms with van der Waals surface area (Å²) in [5.41, 5.74) is 7.49. The second kappa shape index (κ2) is 4.29. The number of aliphatic hydroxyl groups is 1. The Kier molecular flexibility index (Phi) is 3.01. The summed E-state index contributed by atoms with van der Waals surface area (Å²) in [5, 5.41) is 9.84. The van der Waals surface area contributed by atoms with E-state index in [1.165, 1.54) is 0 Å². The van der Waals surface area contributed by atoms with Gasteiger partial charge in [-0.25, -0.2) is 4.98 Å². The molecule has 4 nitrogen and oxygen atoms in total. The Morgan fingerprint density at radius 1 is 1.56 bits per heavy atom. The topological polar surface area (TPSA) is 62.4 Å². The molecule has 0 bridgehead atoms. The predicted octanol–water partition coefficient (Wildman–Crippen LogP) is 1.18. The zero-order valence-electron chi connectivity index (χ0n) is 9.85. The molecule has 1 aliphatic heterocycles. The Hall–Kier alpha value is -1.29. The number of rotatable bonds is 1. The number of pyridine rings is 1. The molecule has 0 aromatic carbocycles. The summed E-state index contributed by atoms with van der Waals surface area (Å²) in [6.07, 6.45) is 2.44. The van der Waals surface area contributed by atoms with Crippen molar-refractivity contribution in [3.8, 4) is 0 Å². The Morgan fingerprint density at radius 2 is 2.31 bits per heavy atom. The van der Waals surface area contributed by atoms with E-state index in [1.807, 2.05) is 13.0 Å². The summed E-state index contributed by atoms with van der Waals surface area (Å²) < 4.78 is 0. The number of aliphatic hydroxyl groups excluding tert-OH is 1. The summed E-state index contributed by atoms with van der Waals surface area (Å²) in [4.78, 5) is 6.43. The van der Waals surface area contributed by atoms with E-state index < -0.39 is 0 Å². The molecule has 2 atom stereocenters. The Bertz CT molecular complexity index is 381. The first-order valence-corrected chi connectivity index (χ1v) is 5.73. The monoisotopic (exact) mass is 221 g/mol. The molecule has 0 amide bonds. The van der Waals surface area contributed by atoms with Crippen LogP contribution in [0.15, 0.2) is 12.3 Å². The number of aryl methyl sites for hydroxylation is 1. The van der Waals surface area contributed by atoms with E-state index in [9.17, 15) is 5.11 Å². The van der Waals surface area contributed by atoms with E-state index in [4.69, 9.17) is 5.73 Å². The van der Waals surface area contributed by atoms with Gasteiger partial charge in [0.15, 0.2) is 0 Å². The molecule has 0 saturated carbocycles. The molecule has 1 aromatic heterocycles. The zero-order valence-corrected chi connectivity index (χ0v) is 9.85. The lowest BCUT2D eigenvalue weighted by Crippen LogP contribution is -2.43. The average Bonchev–Trinajstić information content (AvgIpc) is 2.26. The summed E-state index contributed by atoms with van der Waals surface area (Å²) in [7, 11) is 0. The lowest BCUT2D eigenvalue weighted by Gasteiger charge is -2.35. The number of hydrogen-bond donors (Lipinski definition) is 2. The molecule has 1 aromatic rings. The molecule has 2 unspecified atom stereocenters. The molecule has 4 heteroatoms. The summed E-state index contributed by atoms with van der Waals surface area (Å²) >= 11 is 0. The van der Waals surface area contributed by atoms with Crippen LogP contribution in [0, 0.1) is 12.8 Å². The maximum absolute atomic E-state index is 9.84. The van der Waals surface area contributed by atoms with Crippen LogP contribution in [0.4, 0.5) is 11.5 Å². The molecule has 0 spiro atoms. The first-order valence-electron chi connectivity index (χ1n) is 5.73. The van der Waals surface area contributed by atoms with E-state index in [0.717, 1.165) is 30.0 Å². The van der Waals surface area contributed by atoms with Gasteiger partial charge in [-0.05, 0) is 30.9 Å². The van der Waals surface area contributed by atoms with Gasteiger partial charge < -0.3 is 15.7 Å². The molecule has 16 heavy (non-hydrogen) atoms. The van der Waals surface area contributed by atoms with Gasteiger partial charge in [0.1, 0.15) is 5.82 Å². The van der Waals surface area contributed by atoms with E-state index in [-0.39, 0.29) is 6.10 Å². The van der Waals surface area contributed by atoms with Crippen LogP contribution >= 0.6 is 0 Å². The van der Waals surface area contributed by atoms with Crippen molar-refractivity contribution in [3.05, 3.63) is 17.8 Å². The normalized spacial score (nSPS) is 25.8. The van der Waals surface area contributed by atoms with Crippen molar-refractivity contribution in [2.45, 2.75) is 26.4 Å². The molecule has 1 saturated heterocycles. The fraction of sp³-hybridized carbons (Fsp3) is 0.583. The maximum Gasteiger partial charge on any atom is 0.128 e. The summed E-state index contributed by atoms with van der Waals surface area (Å²) in [5.74, 6) is 1.30. The van der Waals surface area contributed by atoms with Gasteiger partial charge in [-0.1, -0.05) is 6.92 Å². The van der Waals surface area contributed by atoms with Crippen LogP contribution in [-0.2, 0) is 0 Å². The van der Waals surface area contributed by atoms with Gasteiger partial charge in [0.05, 0.1) is 18.0 Å². The average molecular weight is 221 g/mol. The Labute approximate surface area is 96.1 Å². The molecule has 2 heterocycles. The smallest absolute Gasteiger partial charge is 0.128 e. The second-order valence-electron chi connectivity index (χ2n) is 4.68. The minimum absolute atomic E-state index is 0.256.